The zero-order valence-electron chi connectivity index (χ0n) is 17.6. The summed E-state index contributed by atoms with van der Waals surface area (Å²) < 4.78 is 5.79. The van der Waals surface area contributed by atoms with Crippen LogP contribution in [0.15, 0.2) is 115 Å². The van der Waals surface area contributed by atoms with Crippen LogP contribution in [0.3, 0.4) is 0 Å². The molecule has 0 saturated carbocycles. The molecule has 0 aromatic heterocycles. The van der Waals surface area contributed by atoms with E-state index in [1.165, 1.54) is 6.08 Å². The van der Waals surface area contributed by atoms with Crippen molar-refractivity contribution in [2.45, 2.75) is 6.61 Å². The first kappa shape index (κ1) is 20.9. The molecule has 0 unspecified atom stereocenters. The van der Waals surface area contributed by atoms with E-state index >= 15 is 0 Å². The number of carbonyl (C=O) groups is 1. The lowest BCUT2D eigenvalue weighted by molar-refractivity contribution is -0.111. The minimum atomic E-state index is -0.182. The number of hydrogen-bond acceptors (Lipinski definition) is 3. The molecule has 0 aliphatic heterocycles. The maximum atomic E-state index is 12.2. The summed E-state index contributed by atoms with van der Waals surface area (Å²) in [6.07, 6.45) is 3.30. The van der Waals surface area contributed by atoms with E-state index < -0.39 is 0 Å². The third kappa shape index (κ3) is 6.34. The SMILES string of the molecule is O=C(/C=C/c1ccc(OCc2ccccc2)cc1)Nc1ccc(Nc2ccccc2)cc1. The normalized spacial score (nSPS) is 10.6. The Bertz CT molecular complexity index is 1150. The van der Waals surface area contributed by atoms with Gasteiger partial charge >= 0.3 is 0 Å². The van der Waals surface area contributed by atoms with Gasteiger partial charge in [0, 0.05) is 23.1 Å². The molecular weight excluding hydrogens is 396 g/mol. The maximum absolute atomic E-state index is 12.2. The van der Waals surface area contributed by atoms with Crippen LogP contribution >= 0.6 is 0 Å². The quantitative estimate of drug-likeness (QED) is 0.313. The Morgan fingerprint density at radius 3 is 1.97 bits per heavy atom. The summed E-state index contributed by atoms with van der Waals surface area (Å²) in [6.45, 7) is 0.526. The summed E-state index contributed by atoms with van der Waals surface area (Å²) in [5, 5.41) is 6.19. The summed E-state index contributed by atoms with van der Waals surface area (Å²) in [4.78, 5) is 12.2. The van der Waals surface area contributed by atoms with E-state index in [1.54, 1.807) is 6.08 Å². The highest BCUT2D eigenvalue weighted by molar-refractivity contribution is 6.02. The number of hydrogen-bond donors (Lipinski definition) is 2. The van der Waals surface area contributed by atoms with Crippen molar-refractivity contribution in [3.8, 4) is 5.75 Å². The van der Waals surface area contributed by atoms with Gasteiger partial charge in [0.05, 0.1) is 0 Å². The van der Waals surface area contributed by atoms with E-state index in [-0.39, 0.29) is 5.91 Å². The topological polar surface area (TPSA) is 50.4 Å². The van der Waals surface area contributed by atoms with Gasteiger partial charge in [0.25, 0.3) is 0 Å². The average molecular weight is 421 g/mol. The van der Waals surface area contributed by atoms with Crippen LogP contribution in [0.25, 0.3) is 6.08 Å². The summed E-state index contributed by atoms with van der Waals surface area (Å²) >= 11 is 0. The molecule has 158 valence electrons. The van der Waals surface area contributed by atoms with Gasteiger partial charge in [0.15, 0.2) is 0 Å². The lowest BCUT2D eigenvalue weighted by Crippen LogP contribution is -2.07. The third-order valence-corrected chi connectivity index (χ3v) is 4.77. The van der Waals surface area contributed by atoms with Crippen molar-refractivity contribution in [2.24, 2.45) is 0 Å². The fourth-order valence-corrected chi connectivity index (χ4v) is 3.10. The van der Waals surface area contributed by atoms with Crippen molar-refractivity contribution >= 4 is 29.0 Å². The minimum absolute atomic E-state index is 0.182. The number of rotatable bonds is 8. The third-order valence-electron chi connectivity index (χ3n) is 4.77. The number of para-hydroxylation sites is 1. The Labute approximate surface area is 188 Å². The molecule has 2 N–H and O–H groups in total. The number of amides is 1. The summed E-state index contributed by atoms with van der Waals surface area (Å²) in [5.74, 6) is 0.609. The number of carbonyl (C=O) groups excluding carboxylic acids is 1. The van der Waals surface area contributed by atoms with Crippen molar-refractivity contribution in [2.75, 3.05) is 10.6 Å². The molecule has 0 bridgehead atoms. The lowest BCUT2D eigenvalue weighted by Gasteiger charge is -2.08. The van der Waals surface area contributed by atoms with Crippen molar-refractivity contribution in [1.82, 2.24) is 0 Å². The van der Waals surface area contributed by atoms with Crippen LogP contribution in [0.5, 0.6) is 5.75 Å². The van der Waals surface area contributed by atoms with Gasteiger partial charge in [-0.25, -0.2) is 0 Å². The zero-order valence-corrected chi connectivity index (χ0v) is 17.6. The second-order valence-electron chi connectivity index (χ2n) is 7.23. The molecule has 0 fully saturated rings. The minimum Gasteiger partial charge on any atom is -0.489 e. The number of benzene rings is 4. The van der Waals surface area contributed by atoms with Crippen molar-refractivity contribution < 1.29 is 9.53 Å². The molecule has 0 radical (unpaired) electrons. The Morgan fingerprint density at radius 1 is 0.688 bits per heavy atom. The van der Waals surface area contributed by atoms with Crippen LogP contribution in [-0.4, -0.2) is 5.91 Å². The summed E-state index contributed by atoms with van der Waals surface area (Å²) in [6, 6.07) is 35.2. The monoisotopic (exact) mass is 420 g/mol. The van der Waals surface area contributed by atoms with Gasteiger partial charge in [0.2, 0.25) is 5.91 Å². The fraction of sp³-hybridized carbons (Fsp3) is 0.0357. The highest BCUT2D eigenvalue weighted by atomic mass is 16.5. The number of ether oxygens (including phenoxy) is 1. The molecule has 0 aliphatic rings. The van der Waals surface area contributed by atoms with Gasteiger partial charge in [-0.15, -0.1) is 0 Å². The molecule has 0 atom stereocenters. The molecule has 4 aromatic carbocycles. The van der Waals surface area contributed by atoms with Crippen LogP contribution in [0, 0.1) is 0 Å². The molecule has 1 amide bonds. The number of anilines is 3. The molecule has 4 aromatic rings. The lowest BCUT2D eigenvalue weighted by atomic mass is 10.2. The van der Waals surface area contributed by atoms with Gasteiger partial charge in [-0.1, -0.05) is 60.7 Å². The largest absolute Gasteiger partial charge is 0.489 e. The van der Waals surface area contributed by atoms with Gasteiger partial charge in [-0.3, -0.25) is 4.79 Å². The maximum Gasteiger partial charge on any atom is 0.248 e. The Kier molecular flexibility index (Phi) is 6.96. The predicted molar refractivity (Wildman–Crippen MR) is 131 cm³/mol. The number of nitrogens with one attached hydrogen (secondary N) is 2. The zero-order chi connectivity index (χ0) is 22.0. The van der Waals surface area contributed by atoms with Gasteiger partial charge in [0.1, 0.15) is 12.4 Å². The molecule has 32 heavy (non-hydrogen) atoms. The smallest absolute Gasteiger partial charge is 0.248 e. The Morgan fingerprint density at radius 2 is 1.28 bits per heavy atom. The first-order chi connectivity index (χ1) is 15.7. The molecule has 0 aliphatic carbocycles. The highest BCUT2D eigenvalue weighted by Gasteiger charge is 2.00. The van der Waals surface area contributed by atoms with Crippen LogP contribution in [0.2, 0.25) is 0 Å². The van der Waals surface area contributed by atoms with Crippen molar-refractivity contribution in [3.63, 3.8) is 0 Å². The summed E-state index contributed by atoms with van der Waals surface area (Å²) in [7, 11) is 0. The summed E-state index contributed by atoms with van der Waals surface area (Å²) in [5.41, 5.74) is 4.76. The van der Waals surface area contributed by atoms with Crippen LogP contribution < -0.4 is 15.4 Å². The molecule has 0 spiro atoms. The standard InChI is InChI=1S/C28H24N2O2/c31-28(30-26-16-14-25(15-17-26)29-24-9-5-2-6-10-24)20-13-22-11-18-27(19-12-22)32-21-23-7-3-1-4-8-23/h1-20,29H,21H2,(H,30,31)/b20-13+. The second-order valence-corrected chi connectivity index (χ2v) is 7.23. The van der Waals surface area contributed by atoms with E-state index in [4.69, 9.17) is 4.74 Å². The fourth-order valence-electron chi connectivity index (χ4n) is 3.10. The molecular formula is C28H24N2O2. The van der Waals surface area contributed by atoms with Gasteiger partial charge in [-0.2, -0.15) is 0 Å². The van der Waals surface area contributed by atoms with Crippen LogP contribution in [0.4, 0.5) is 17.1 Å². The van der Waals surface area contributed by atoms with E-state index in [9.17, 15) is 4.79 Å². The molecule has 0 saturated heterocycles. The van der Waals surface area contributed by atoms with E-state index in [0.717, 1.165) is 33.9 Å². The predicted octanol–water partition coefficient (Wildman–Crippen LogP) is 6.66. The van der Waals surface area contributed by atoms with E-state index in [0.29, 0.717) is 6.61 Å². The first-order valence-electron chi connectivity index (χ1n) is 10.4. The van der Waals surface area contributed by atoms with Gasteiger partial charge in [-0.05, 0) is 65.7 Å². The van der Waals surface area contributed by atoms with Crippen molar-refractivity contribution in [1.29, 1.82) is 0 Å². The Hall–Kier alpha value is -4.31. The van der Waals surface area contributed by atoms with Crippen LogP contribution in [0.1, 0.15) is 11.1 Å². The molecule has 0 heterocycles. The molecule has 4 rings (SSSR count). The second kappa shape index (κ2) is 10.6. The highest BCUT2D eigenvalue weighted by Crippen LogP contribution is 2.19. The first-order valence-corrected chi connectivity index (χ1v) is 10.4. The molecule has 4 heteroatoms. The van der Waals surface area contributed by atoms with Crippen molar-refractivity contribution in [3.05, 3.63) is 126 Å². The molecule has 4 nitrogen and oxygen atoms in total. The van der Waals surface area contributed by atoms with E-state index in [1.807, 2.05) is 109 Å². The van der Waals surface area contributed by atoms with Gasteiger partial charge < -0.3 is 15.4 Å². The Balaban J connectivity index is 1.26. The average Bonchev–Trinajstić information content (AvgIpc) is 2.85. The van der Waals surface area contributed by atoms with Crippen LogP contribution in [-0.2, 0) is 11.4 Å². The van der Waals surface area contributed by atoms with E-state index in [2.05, 4.69) is 10.6 Å².